The molecule has 0 bridgehead atoms. The molecule has 1 aliphatic rings. The maximum Gasteiger partial charge on any atom is 0.337 e. The molecule has 0 aromatic heterocycles. The molecule has 0 radical (unpaired) electrons. The minimum atomic E-state index is -0.455. The molecule has 0 aliphatic heterocycles. The highest BCUT2D eigenvalue weighted by Crippen LogP contribution is 2.17. The molecule has 0 spiro atoms. The first-order valence-electron chi connectivity index (χ1n) is 4.83. The predicted molar refractivity (Wildman–Crippen MR) is 58.5 cm³/mol. The molecule has 4 nitrogen and oxygen atoms in total. The molecule has 1 aliphatic carbocycles. The van der Waals surface area contributed by atoms with Gasteiger partial charge in [0.2, 0.25) is 0 Å². The van der Waals surface area contributed by atoms with Crippen molar-refractivity contribution in [1.29, 1.82) is 0 Å². The first-order chi connectivity index (χ1) is 7.58. The summed E-state index contributed by atoms with van der Waals surface area (Å²) in [6.45, 7) is 1.81. The average Bonchev–Trinajstić information content (AvgIpc) is 2.49. The van der Waals surface area contributed by atoms with E-state index in [0.717, 1.165) is 5.57 Å². The lowest BCUT2D eigenvalue weighted by atomic mass is 10.1. The topological polar surface area (TPSA) is 52.6 Å². The smallest absolute Gasteiger partial charge is 0.337 e. The number of esters is 2. The molecule has 0 amide bonds. The van der Waals surface area contributed by atoms with Crippen molar-refractivity contribution in [2.75, 3.05) is 14.2 Å². The Hall–Kier alpha value is -1.84. The van der Waals surface area contributed by atoms with Gasteiger partial charge in [-0.05, 0) is 13.0 Å². The lowest BCUT2D eigenvalue weighted by Crippen LogP contribution is -2.11. The summed E-state index contributed by atoms with van der Waals surface area (Å²) in [6, 6.07) is 0. The van der Waals surface area contributed by atoms with Gasteiger partial charge in [0.05, 0.1) is 25.7 Å². The molecule has 1 unspecified atom stereocenters. The molecule has 86 valence electrons. The van der Waals surface area contributed by atoms with Gasteiger partial charge < -0.3 is 9.47 Å². The van der Waals surface area contributed by atoms with Gasteiger partial charge in [-0.15, -0.1) is 0 Å². The van der Waals surface area contributed by atoms with Crippen LogP contribution in [0.15, 0.2) is 35.5 Å². The zero-order chi connectivity index (χ0) is 12.1. The fourth-order valence-electron chi connectivity index (χ4n) is 1.42. The molecule has 1 atom stereocenters. The van der Waals surface area contributed by atoms with Gasteiger partial charge in [-0.2, -0.15) is 0 Å². The van der Waals surface area contributed by atoms with E-state index < -0.39 is 11.9 Å². The van der Waals surface area contributed by atoms with Gasteiger partial charge in [0.1, 0.15) is 0 Å². The largest absolute Gasteiger partial charge is 0.468 e. The number of rotatable bonds is 2. The summed E-state index contributed by atoms with van der Waals surface area (Å²) in [5, 5.41) is 0. The highest BCUT2D eigenvalue weighted by molar-refractivity contribution is 5.92. The van der Waals surface area contributed by atoms with Crippen LogP contribution in [0.4, 0.5) is 0 Å². The Balaban J connectivity index is 2.96. The van der Waals surface area contributed by atoms with Crippen LogP contribution >= 0.6 is 0 Å². The van der Waals surface area contributed by atoms with Crippen molar-refractivity contribution >= 4 is 11.9 Å². The van der Waals surface area contributed by atoms with Crippen molar-refractivity contribution in [2.24, 2.45) is 5.92 Å². The second-order valence-corrected chi connectivity index (χ2v) is 3.41. The van der Waals surface area contributed by atoms with Crippen molar-refractivity contribution < 1.29 is 19.1 Å². The van der Waals surface area contributed by atoms with Crippen LogP contribution < -0.4 is 0 Å². The second kappa shape index (κ2) is 5.30. The van der Waals surface area contributed by atoms with Crippen LogP contribution in [0.25, 0.3) is 0 Å². The zero-order valence-corrected chi connectivity index (χ0v) is 9.52. The summed E-state index contributed by atoms with van der Waals surface area (Å²) in [6.07, 6.45) is 6.59. The lowest BCUT2D eigenvalue weighted by molar-refractivity contribution is -0.142. The number of hydrogen-bond donors (Lipinski definition) is 0. The summed E-state index contributed by atoms with van der Waals surface area (Å²) in [5.41, 5.74) is 1.24. The van der Waals surface area contributed by atoms with Crippen LogP contribution in [-0.4, -0.2) is 26.2 Å². The Kier molecular flexibility index (Phi) is 4.05. The van der Waals surface area contributed by atoms with E-state index in [-0.39, 0.29) is 5.97 Å². The Bertz CT molecular complexity index is 388. The first-order valence-corrected chi connectivity index (χ1v) is 4.83. The second-order valence-electron chi connectivity index (χ2n) is 3.41. The SMILES string of the molecule is COC(=O)C1=CC(C)=CC(C(=O)OC)C=C1. The maximum absolute atomic E-state index is 11.4. The van der Waals surface area contributed by atoms with Crippen molar-refractivity contribution in [3.63, 3.8) is 0 Å². The normalized spacial score (nSPS) is 19.3. The molecule has 0 heterocycles. The standard InChI is InChI=1S/C12H14O4/c1-8-6-9(11(13)15-2)4-5-10(7-8)12(14)16-3/h4-7,9H,1-3H3. The Morgan fingerprint density at radius 3 is 2.50 bits per heavy atom. The predicted octanol–water partition coefficient (Wildman–Crippen LogP) is 1.39. The van der Waals surface area contributed by atoms with Crippen molar-refractivity contribution in [2.45, 2.75) is 6.92 Å². The van der Waals surface area contributed by atoms with E-state index in [9.17, 15) is 9.59 Å². The van der Waals surface area contributed by atoms with E-state index in [1.807, 2.05) is 6.92 Å². The summed E-state index contributed by atoms with van der Waals surface area (Å²) in [5.74, 6) is -1.23. The van der Waals surface area contributed by atoms with E-state index in [1.165, 1.54) is 14.2 Å². The Morgan fingerprint density at radius 1 is 1.25 bits per heavy atom. The monoisotopic (exact) mass is 222 g/mol. The number of carbonyl (C=O) groups excluding carboxylic acids is 2. The number of ether oxygens (including phenoxy) is 2. The molecule has 0 saturated carbocycles. The van der Waals surface area contributed by atoms with Crippen LogP contribution in [0.5, 0.6) is 0 Å². The van der Waals surface area contributed by atoms with Crippen LogP contribution in [0.3, 0.4) is 0 Å². The average molecular weight is 222 g/mol. The summed E-state index contributed by atoms with van der Waals surface area (Å²) in [4.78, 5) is 22.7. The number of allylic oxidation sites excluding steroid dienone is 2. The third-order valence-electron chi connectivity index (χ3n) is 2.20. The minimum Gasteiger partial charge on any atom is -0.468 e. The van der Waals surface area contributed by atoms with Crippen molar-refractivity contribution in [3.05, 3.63) is 35.5 Å². The van der Waals surface area contributed by atoms with Gasteiger partial charge in [-0.25, -0.2) is 4.79 Å². The van der Waals surface area contributed by atoms with Gasteiger partial charge >= 0.3 is 11.9 Å². The molecule has 0 aromatic carbocycles. The van der Waals surface area contributed by atoms with Crippen LogP contribution in [0.1, 0.15) is 6.92 Å². The lowest BCUT2D eigenvalue weighted by Gasteiger charge is -2.04. The quantitative estimate of drug-likeness (QED) is 0.662. The third kappa shape index (κ3) is 2.82. The Labute approximate surface area is 94.2 Å². The third-order valence-corrected chi connectivity index (χ3v) is 2.20. The Morgan fingerprint density at radius 2 is 1.94 bits per heavy atom. The minimum absolute atomic E-state index is 0.352. The van der Waals surface area contributed by atoms with Crippen LogP contribution in [-0.2, 0) is 19.1 Å². The molecule has 0 fully saturated rings. The van der Waals surface area contributed by atoms with Gasteiger partial charge in [-0.1, -0.05) is 23.8 Å². The summed E-state index contributed by atoms with van der Waals surface area (Å²) in [7, 11) is 2.65. The molecule has 0 aromatic rings. The maximum atomic E-state index is 11.4. The molecule has 1 rings (SSSR count). The van der Waals surface area contributed by atoms with E-state index in [0.29, 0.717) is 5.57 Å². The molecule has 0 saturated heterocycles. The molecular formula is C12H14O4. The van der Waals surface area contributed by atoms with Gasteiger partial charge in [0.15, 0.2) is 0 Å². The van der Waals surface area contributed by atoms with E-state index in [2.05, 4.69) is 9.47 Å². The highest BCUT2D eigenvalue weighted by atomic mass is 16.5. The zero-order valence-electron chi connectivity index (χ0n) is 9.52. The van der Waals surface area contributed by atoms with E-state index in [4.69, 9.17) is 0 Å². The van der Waals surface area contributed by atoms with Crippen LogP contribution in [0, 0.1) is 5.92 Å². The van der Waals surface area contributed by atoms with Gasteiger partial charge in [-0.3, -0.25) is 4.79 Å². The fraction of sp³-hybridized carbons (Fsp3) is 0.333. The van der Waals surface area contributed by atoms with Crippen molar-refractivity contribution in [1.82, 2.24) is 0 Å². The summed E-state index contributed by atoms with van der Waals surface area (Å²) < 4.78 is 9.26. The summed E-state index contributed by atoms with van der Waals surface area (Å²) >= 11 is 0. The number of methoxy groups -OCH3 is 2. The van der Waals surface area contributed by atoms with Crippen LogP contribution in [0.2, 0.25) is 0 Å². The van der Waals surface area contributed by atoms with Gasteiger partial charge in [0, 0.05) is 0 Å². The fourth-order valence-corrected chi connectivity index (χ4v) is 1.42. The number of hydrogen-bond acceptors (Lipinski definition) is 4. The van der Waals surface area contributed by atoms with E-state index in [1.54, 1.807) is 24.3 Å². The van der Waals surface area contributed by atoms with Gasteiger partial charge in [0.25, 0.3) is 0 Å². The molecular weight excluding hydrogens is 208 g/mol. The van der Waals surface area contributed by atoms with Crippen molar-refractivity contribution in [3.8, 4) is 0 Å². The highest BCUT2D eigenvalue weighted by Gasteiger charge is 2.17. The number of carbonyl (C=O) groups is 2. The molecule has 16 heavy (non-hydrogen) atoms. The molecule has 0 N–H and O–H groups in total. The van der Waals surface area contributed by atoms with E-state index >= 15 is 0 Å². The first kappa shape index (κ1) is 12.2. The molecule has 4 heteroatoms.